The van der Waals surface area contributed by atoms with Gasteiger partial charge < -0.3 is 10.4 Å². The molecule has 0 saturated carbocycles. The molecule has 5 heteroatoms. The van der Waals surface area contributed by atoms with Crippen molar-refractivity contribution in [2.75, 3.05) is 44.6 Å². The van der Waals surface area contributed by atoms with Crippen molar-refractivity contribution in [2.45, 2.75) is 25.9 Å². The average molecular weight is 382 g/mol. The molecule has 2 N–H and O–H groups in total. The van der Waals surface area contributed by atoms with E-state index in [1.807, 2.05) is 61.5 Å². The minimum atomic E-state index is -0.870. The van der Waals surface area contributed by atoms with E-state index in [2.05, 4.69) is 22.0 Å². The molecule has 3 rings (SSSR count). The lowest BCUT2D eigenvalue weighted by Gasteiger charge is -2.38. The first-order valence-electron chi connectivity index (χ1n) is 10.1. The Morgan fingerprint density at radius 3 is 2.29 bits per heavy atom. The highest BCUT2D eigenvalue weighted by Gasteiger charge is 2.28. The second-order valence-electron chi connectivity index (χ2n) is 7.75. The van der Waals surface area contributed by atoms with Gasteiger partial charge in [0.1, 0.15) is 0 Å². The van der Waals surface area contributed by atoms with E-state index in [9.17, 15) is 9.90 Å². The van der Waals surface area contributed by atoms with Gasteiger partial charge in [-0.1, -0.05) is 55.5 Å². The molecule has 0 aliphatic carbocycles. The molecule has 2 aromatic rings. The summed E-state index contributed by atoms with van der Waals surface area (Å²) in [5.74, 6) is 0.0330. The van der Waals surface area contributed by atoms with Gasteiger partial charge in [-0.25, -0.2) is 0 Å². The van der Waals surface area contributed by atoms with Crippen molar-refractivity contribution < 1.29 is 9.90 Å². The molecular weight excluding hydrogens is 350 g/mol. The molecule has 5 nitrogen and oxygen atoms in total. The Morgan fingerprint density at radius 1 is 1.00 bits per heavy atom. The molecule has 0 radical (unpaired) electrons. The standard InChI is InChI=1S/C23H31N3O2/c1-3-19-9-7-8-12-21(19)24-22(27)17-25-13-15-26(16-14-25)18-23(2,28)20-10-5-4-6-11-20/h4-12,28H,3,13-18H2,1-2H3,(H,24,27). The lowest BCUT2D eigenvalue weighted by Crippen LogP contribution is -2.51. The van der Waals surface area contributed by atoms with Crippen molar-refractivity contribution in [1.29, 1.82) is 0 Å². The number of hydrogen-bond donors (Lipinski definition) is 2. The van der Waals surface area contributed by atoms with Crippen molar-refractivity contribution in [3.8, 4) is 0 Å². The average Bonchev–Trinajstić information content (AvgIpc) is 2.70. The van der Waals surface area contributed by atoms with E-state index in [-0.39, 0.29) is 5.91 Å². The molecule has 1 heterocycles. The second kappa shape index (κ2) is 9.32. The number of aryl methyl sites for hydroxylation is 1. The van der Waals surface area contributed by atoms with Gasteiger partial charge in [-0.05, 0) is 30.5 Å². The Balaban J connectivity index is 1.47. The van der Waals surface area contributed by atoms with E-state index in [4.69, 9.17) is 0 Å². The van der Waals surface area contributed by atoms with Gasteiger partial charge in [0.25, 0.3) is 0 Å². The maximum Gasteiger partial charge on any atom is 0.238 e. The third-order valence-corrected chi connectivity index (χ3v) is 5.43. The summed E-state index contributed by atoms with van der Waals surface area (Å²) in [6.45, 7) is 8.31. The van der Waals surface area contributed by atoms with Crippen molar-refractivity contribution in [2.24, 2.45) is 0 Å². The van der Waals surface area contributed by atoms with Gasteiger partial charge in [-0.15, -0.1) is 0 Å². The lowest BCUT2D eigenvalue weighted by molar-refractivity contribution is -0.117. The summed E-state index contributed by atoms with van der Waals surface area (Å²) in [5, 5.41) is 13.9. The molecule has 1 fully saturated rings. The topological polar surface area (TPSA) is 55.8 Å². The molecule has 1 atom stereocenters. The van der Waals surface area contributed by atoms with Crippen molar-refractivity contribution >= 4 is 11.6 Å². The maximum absolute atomic E-state index is 12.4. The van der Waals surface area contributed by atoms with E-state index in [1.165, 1.54) is 0 Å². The fourth-order valence-corrected chi connectivity index (χ4v) is 3.77. The van der Waals surface area contributed by atoms with Gasteiger partial charge in [0.15, 0.2) is 0 Å². The zero-order valence-corrected chi connectivity index (χ0v) is 16.9. The third kappa shape index (κ3) is 5.41. The first-order chi connectivity index (χ1) is 13.5. The molecule has 1 aliphatic rings. The number of para-hydroxylation sites is 1. The van der Waals surface area contributed by atoms with Crippen LogP contribution in [0.1, 0.15) is 25.0 Å². The molecule has 0 spiro atoms. The summed E-state index contributed by atoms with van der Waals surface area (Å²) in [5.41, 5.74) is 2.13. The number of nitrogens with one attached hydrogen (secondary N) is 1. The summed E-state index contributed by atoms with van der Waals surface area (Å²) in [6.07, 6.45) is 0.899. The van der Waals surface area contributed by atoms with Crippen LogP contribution < -0.4 is 5.32 Å². The minimum Gasteiger partial charge on any atom is -0.384 e. The summed E-state index contributed by atoms with van der Waals surface area (Å²) in [7, 11) is 0. The van der Waals surface area contributed by atoms with Crippen LogP contribution in [0.4, 0.5) is 5.69 Å². The number of β-amino-alcohol motifs (C(OH)–C–C–N with tert-alkyl or cyclic N) is 1. The highest BCUT2D eigenvalue weighted by atomic mass is 16.3. The van der Waals surface area contributed by atoms with Crippen LogP contribution in [-0.2, 0) is 16.8 Å². The minimum absolute atomic E-state index is 0.0330. The number of benzene rings is 2. The number of piperazine rings is 1. The smallest absolute Gasteiger partial charge is 0.238 e. The van der Waals surface area contributed by atoms with Crippen molar-refractivity contribution in [3.63, 3.8) is 0 Å². The monoisotopic (exact) mass is 381 g/mol. The number of carbonyl (C=O) groups is 1. The van der Waals surface area contributed by atoms with Gasteiger partial charge in [0.2, 0.25) is 5.91 Å². The largest absolute Gasteiger partial charge is 0.384 e. The zero-order chi connectivity index (χ0) is 20.0. The van der Waals surface area contributed by atoms with Crippen LogP contribution in [0.3, 0.4) is 0 Å². The summed E-state index contributed by atoms with van der Waals surface area (Å²) in [6, 6.07) is 17.8. The van der Waals surface area contributed by atoms with Crippen LogP contribution in [0.2, 0.25) is 0 Å². The van der Waals surface area contributed by atoms with Crippen LogP contribution in [0, 0.1) is 0 Å². The van der Waals surface area contributed by atoms with E-state index in [0.717, 1.165) is 49.4 Å². The Morgan fingerprint density at radius 2 is 1.61 bits per heavy atom. The van der Waals surface area contributed by atoms with Gasteiger partial charge in [-0.3, -0.25) is 14.6 Å². The van der Waals surface area contributed by atoms with Gasteiger partial charge >= 0.3 is 0 Å². The number of amides is 1. The molecule has 1 aliphatic heterocycles. The Bertz CT molecular complexity index is 768. The Kier molecular flexibility index (Phi) is 6.83. The maximum atomic E-state index is 12.4. The predicted molar refractivity (Wildman–Crippen MR) is 113 cm³/mol. The molecule has 1 amide bonds. The summed E-state index contributed by atoms with van der Waals surface area (Å²) >= 11 is 0. The summed E-state index contributed by atoms with van der Waals surface area (Å²) < 4.78 is 0. The quantitative estimate of drug-likeness (QED) is 0.774. The first kappa shape index (κ1) is 20.5. The number of aliphatic hydroxyl groups is 1. The first-order valence-corrected chi connectivity index (χ1v) is 10.1. The van der Waals surface area contributed by atoms with Crippen molar-refractivity contribution in [1.82, 2.24) is 9.80 Å². The van der Waals surface area contributed by atoms with Gasteiger partial charge in [0, 0.05) is 38.4 Å². The van der Waals surface area contributed by atoms with Crippen LogP contribution >= 0.6 is 0 Å². The third-order valence-electron chi connectivity index (χ3n) is 5.43. The molecular formula is C23H31N3O2. The van der Waals surface area contributed by atoms with Crippen LogP contribution in [0.25, 0.3) is 0 Å². The normalized spacial score (nSPS) is 17.8. The highest BCUT2D eigenvalue weighted by molar-refractivity contribution is 5.93. The number of anilines is 1. The Labute approximate surface area is 168 Å². The van der Waals surface area contributed by atoms with Crippen LogP contribution in [0.15, 0.2) is 54.6 Å². The van der Waals surface area contributed by atoms with E-state index in [1.54, 1.807) is 0 Å². The van der Waals surface area contributed by atoms with Crippen molar-refractivity contribution in [3.05, 3.63) is 65.7 Å². The van der Waals surface area contributed by atoms with Crippen LogP contribution in [0.5, 0.6) is 0 Å². The van der Waals surface area contributed by atoms with Gasteiger partial charge in [0.05, 0.1) is 12.1 Å². The van der Waals surface area contributed by atoms with Crippen LogP contribution in [-0.4, -0.2) is 60.1 Å². The number of hydrogen-bond acceptors (Lipinski definition) is 4. The van der Waals surface area contributed by atoms with Gasteiger partial charge in [-0.2, -0.15) is 0 Å². The number of rotatable bonds is 7. The fraction of sp³-hybridized carbons (Fsp3) is 0.435. The molecule has 1 saturated heterocycles. The second-order valence-corrected chi connectivity index (χ2v) is 7.75. The predicted octanol–water partition coefficient (Wildman–Crippen LogP) is 2.71. The molecule has 0 bridgehead atoms. The SMILES string of the molecule is CCc1ccccc1NC(=O)CN1CCN(CC(C)(O)c2ccccc2)CC1. The van der Waals surface area contributed by atoms with E-state index >= 15 is 0 Å². The molecule has 2 aromatic carbocycles. The van der Waals surface area contributed by atoms with E-state index < -0.39 is 5.60 Å². The zero-order valence-electron chi connectivity index (χ0n) is 16.9. The van der Waals surface area contributed by atoms with E-state index in [0.29, 0.717) is 13.1 Å². The highest BCUT2D eigenvalue weighted by Crippen LogP contribution is 2.22. The lowest BCUT2D eigenvalue weighted by atomic mass is 9.95. The fourth-order valence-electron chi connectivity index (χ4n) is 3.77. The molecule has 0 aromatic heterocycles. The summed E-state index contributed by atoms with van der Waals surface area (Å²) in [4.78, 5) is 16.9. The number of carbonyl (C=O) groups excluding carboxylic acids is 1. The molecule has 28 heavy (non-hydrogen) atoms. The number of nitrogens with zero attached hydrogens (tertiary/aromatic N) is 2. The molecule has 1 unspecified atom stereocenters. The Hall–Kier alpha value is -2.21. The molecule has 150 valence electrons.